The van der Waals surface area contributed by atoms with E-state index in [2.05, 4.69) is 28.3 Å². The van der Waals surface area contributed by atoms with Crippen LogP contribution < -0.4 is 5.32 Å². The summed E-state index contributed by atoms with van der Waals surface area (Å²) in [5.41, 5.74) is 0. The first-order valence-corrected chi connectivity index (χ1v) is 5.57. The minimum absolute atomic E-state index is 0.523. The third-order valence-electron chi connectivity index (χ3n) is 1.97. The number of hydrogen-bond donors (Lipinski definition) is 1. The highest BCUT2D eigenvalue weighted by molar-refractivity contribution is 7.18. The minimum atomic E-state index is 0.523. The van der Waals surface area contributed by atoms with Gasteiger partial charge in [-0.2, -0.15) is 0 Å². The van der Waals surface area contributed by atoms with Gasteiger partial charge in [0.05, 0.1) is 0 Å². The Kier molecular flexibility index (Phi) is 2.56. The van der Waals surface area contributed by atoms with Crippen molar-refractivity contribution in [2.75, 3.05) is 12.4 Å². The van der Waals surface area contributed by atoms with Crippen molar-refractivity contribution in [2.45, 2.75) is 13.3 Å². The predicted octanol–water partition coefficient (Wildman–Crippen LogP) is 2.95. The molecule has 2 rings (SSSR count). The third-order valence-corrected chi connectivity index (χ3v) is 3.43. The molecule has 2 heterocycles. The van der Waals surface area contributed by atoms with E-state index >= 15 is 0 Å². The second-order valence-corrected chi connectivity index (χ2v) is 4.35. The molecule has 2 aromatic heterocycles. The van der Waals surface area contributed by atoms with E-state index in [-0.39, 0.29) is 0 Å². The van der Waals surface area contributed by atoms with Crippen LogP contribution in [-0.4, -0.2) is 17.0 Å². The second-order valence-electron chi connectivity index (χ2n) is 2.87. The first kappa shape index (κ1) is 9.68. The molecule has 0 aliphatic carbocycles. The molecule has 0 atom stereocenters. The van der Waals surface area contributed by atoms with Gasteiger partial charge in [0.1, 0.15) is 9.98 Å². The lowest BCUT2D eigenvalue weighted by Crippen LogP contribution is -1.95. The highest BCUT2D eigenvalue weighted by Gasteiger charge is 2.08. The maximum absolute atomic E-state index is 6.03. The molecule has 14 heavy (non-hydrogen) atoms. The van der Waals surface area contributed by atoms with Crippen molar-refractivity contribution in [3.8, 4) is 0 Å². The summed E-state index contributed by atoms with van der Waals surface area (Å²) in [6.45, 7) is 2.12. The molecule has 1 N–H and O–H groups in total. The zero-order chi connectivity index (χ0) is 10.1. The number of anilines is 1. The Morgan fingerprint density at radius 1 is 1.50 bits per heavy atom. The van der Waals surface area contributed by atoms with Gasteiger partial charge in [-0.25, -0.2) is 9.97 Å². The topological polar surface area (TPSA) is 37.8 Å². The second kappa shape index (κ2) is 3.71. The average molecular weight is 228 g/mol. The highest BCUT2D eigenvalue weighted by atomic mass is 35.5. The number of halogens is 1. The van der Waals surface area contributed by atoms with E-state index in [0.29, 0.717) is 11.1 Å². The van der Waals surface area contributed by atoms with Crippen LogP contribution in [0.1, 0.15) is 11.8 Å². The molecule has 2 aromatic rings. The summed E-state index contributed by atoms with van der Waals surface area (Å²) >= 11 is 7.69. The van der Waals surface area contributed by atoms with Gasteiger partial charge < -0.3 is 5.32 Å². The van der Waals surface area contributed by atoms with Gasteiger partial charge >= 0.3 is 0 Å². The Balaban J connectivity index is 2.67. The molecule has 0 aliphatic rings. The number of aryl methyl sites for hydroxylation is 1. The third kappa shape index (κ3) is 1.55. The van der Waals surface area contributed by atoms with E-state index in [9.17, 15) is 0 Å². The van der Waals surface area contributed by atoms with E-state index < -0.39 is 0 Å². The summed E-state index contributed by atoms with van der Waals surface area (Å²) in [6.07, 6.45) is 1.01. The summed E-state index contributed by atoms with van der Waals surface area (Å²) in [6, 6.07) is 2.06. The first-order chi connectivity index (χ1) is 6.74. The van der Waals surface area contributed by atoms with Crippen molar-refractivity contribution in [2.24, 2.45) is 0 Å². The van der Waals surface area contributed by atoms with Crippen LogP contribution in [0.25, 0.3) is 10.2 Å². The van der Waals surface area contributed by atoms with E-state index in [0.717, 1.165) is 16.6 Å². The zero-order valence-electron chi connectivity index (χ0n) is 7.97. The maximum Gasteiger partial charge on any atom is 0.225 e. The van der Waals surface area contributed by atoms with Crippen LogP contribution in [0.3, 0.4) is 0 Å². The number of aromatic nitrogens is 2. The monoisotopic (exact) mass is 227 g/mol. The van der Waals surface area contributed by atoms with Crippen LogP contribution in [0.2, 0.25) is 5.15 Å². The lowest BCUT2D eigenvalue weighted by atomic mass is 10.3. The normalized spacial score (nSPS) is 10.8. The molecule has 0 saturated heterocycles. The van der Waals surface area contributed by atoms with Crippen LogP contribution in [-0.2, 0) is 6.42 Å². The number of rotatable bonds is 2. The molecular weight excluding hydrogens is 218 g/mol. The van der Waals surface area contributed by atoms with Gasteiger partial charge in [0.25, 0.3) is 0 Å². The van der Waals surface area contributed by atoms with Crippen molar-refractivity contribution < 1.29 is 0 Å². The Morgan fingerprint density at radius 2 is 2.29 bits per heavy atom. The van der Waals surface area contributed by atoms with Gasteiger partial charge in [0.2, 0.25) is 5.95 Å². The fourth-order valence-electron chi connectivity index (χ4n) is 1.22. The van der Waals surface area contributed by atoms with Crippen LogP contribution in [0.5, 0.6) is 0 Å². The van der Waals surface area contributed by atoms with E-state index in [1.807, 2.05) is 0 Å². The Hall–Kier alpha value is -0.870. The molecule has 0 aromatic carbocycles. The molecule has 74 valence electrons. The van der Waals surface area contributed by atoms with Crippen LogP contribution in [0.4, 0.5) is 5.95 Å². The molecule has 0 amide bonds. The fourth-order valence-corrected chi connectivity index (χ4v) is 2.47. The average Bonchev–Trinajstić information content (AvgIpc) is 2.61. The lowest BCUT2D eigenvalue weighted by Gasteiger charge is -1.98. The van der Waals surface area contributed by atoms with Gasteiger partial charge in [-0.1, -0.05) is 18.5 Å². The van der Waals surface area contributed by atoms with Gasteiger partial charge in [-0.05, 0) is 12.5 Å². The van der Waals surface area contributed by atoms with Crippen molar-refractivity contribution in [1.82, 2.24) is 9.97 Å². The van der Waals surface area contributed by atoms with E-state index in [1.54, 1.807) is 18.4 Å². The molecular formula is C9H10ClN3S. The van der Waals surface area contributed by atoms with Crippen LogP contribution in [0.15, 0.2) is 6.07 Å². The molecule has 5 heteroatoms. The van der Waals surface area contributed by atoms with Crippen molar-refractivity contribution >= 4 is 39.1 Å². The lowest BCUT2D eigenvalue weighted by molar-refractivity contribution is 1.19. The maximum atomic E-state index is 6.03. The van der Waals surface area contributed by atoms with Gasteiger partial charge in [0.15, 0.2) is 0 Å². The molecule has 0 saturated carbocycles. The summed E-state index contributed by atoms with van der Waals surface area (Å²) < 4.78 is 0. The number of fused-ring (bicyclic) bond motifs is 1. The van der Waals surface area contributed by atoms with Gasteiger partial charge in [0, 0.05) is 17.3 Å². The van der Waals surface area contributed by atoms with Crippen LogP contribution in [0, 0.1) is 0 Å². The molecule has 0 unspecified atom stereocenters. The Bertz CT molecular complexity index is 466. The fraction of sp³-hybridized carbons (Fsp3) is 0.333. The molecule has 0 bridgehead atoms. The number of thiophene rings is 1. The summed E-state index contributed by atoms with van der Waals surface area (Å²) in [5.74, 6) is 0.576. The summed E-state index contributed by atoms with van der Waals surface area (Å²) in [4.78, 5) is 10.7. The molecule has 3 nitrogen and oxygen atoms in total. The largest absolute Gasteiger partial charge is 0.357 e. The van der Waals surface area contributed by atoms with Crippen LogP contribution >= 0.6 is 22.9 Å². The van der Waals surface area contributed by atoms with E-state index in [4.69, 9.17) is 11.6 Å². The Morgan fingerprint density at radius 3 is 2.93 bits per heavy atom. The molecule has 0 fully saturated rings. The highest BCUT2D eigenvalue weighted by Crippen LogP contribution is 2.29. The molecule has 0 spiro atoms. The number of nitrogens with zero attached hydrogens (tertiary/aromatic N) is 2. The standard InChI is InChI=1S/C9H10ClN3S/c1-3-5-4-6-7(10)12-9(11-2)13-8(6)14-5/h4H,3H2,1-2H3,(H,11,12,13). The summed E-state index contributed by atoms with van der Waals surface area (Å²) in [7, 11) is 1.78. The van der Waals surface area contributed by atoms with E-state index in [1.165, 1.54) is 4.88 Å². The van der Waals surface area contributed by atoms with Crippen molar-refractivity contribution in [3.05, 3.63) is 16.1 Å². The smallest absolute Gasteiger partial charge is 0.225 e. The quantitative estimate of drug-likeness (QED) is 0.802. The molecule has 0 radical (unpaired) electrons. The number of nitrogens with one attached hydrogen (secondary N) is 1. The zero-order valence-corrected chi connectivity index (χ0v) is 9.54. The first-order valence-electron chi connectivity index (χ1n) is 4.38. The minimum Gasteiger partial charge on any atom is -0.357 e. The van der Waals surface area contributed by atoms with Crippen molar-refractivity contribution in [1.29, 1.82) is 0 Å². The van der Waals surface area contributed by atoms with Crippen molar-refractivity contribution in [3.63, 3.8) is 0 Å². The predicted molar refractivity (Wildman–Crippen MR) is 61.3 cm³/mol. The summed E-state index contributed by atoms with van der Waals surface area (Å²) in [5, 5.41) is 4.36. The number of hydrogen-bond acceptors (Lipinski definition) is 4. The van der Waals surface area contributed by atoms with Gasteiger partial charge in [-0.3, -0.25) is 0 Å². The van der Waals surface area contributed by atoms with Gasteiger partial charge in [-0.15, -0.1) is 11.3 Å². The Labute approximate surface area is 91.1 Å². The molecule has 0 aliphatic heterocycles. The SMILES string of the molecule is CCc1cc2c(Cl)nc(NC)nc2s1.